The molecule has 3 N–H and O–H groups in total. The Hall–Kier alpha value is -2.37. The molecule has 2 aliphatic rings. The number of rotatable bonds is 9. The first kappa shape index (κ1) is 24.3. The van der Waals surface area contributed by atoms with Crippen molar-refractivity contribution < 1.29 is 22.7 Å². The number of nitrogens with one attached hydrogen (secondary N) is 3. The average Bonchev–Trinajstić information content (AvgIpc) is 3.33. The van der Waals surface area contributed by atoms with Crippen molar-refractivity contribution in [2.45, 2.75) is 37.5 Å². The number of anilines is 2. The van der Waals surface area contributed by atoms with Crippen LogP contribution in [0.25, 0.3) is 0 Å². The van der Waals surface area contributed by atoms with Gasteiger partial charge in [0.15, 0.2) is 0 Å². The molecule has 2 heterocycles. The Labute approximate surface area is 189 Å². The largest absolute Gasteiger partial charge is 0.379 e. The molecule has 2 fully saturated rings. The first-order valence-corrected chi connectivity index (χ1v) is 12.6. The highest BCUT2D eigenvalue weighted by Crippen LogP contribution is 2.32. The van der Waals surface area contributed by atoms with Crippen LogP contribution in [0.3, 0.4) is 0 Å². The van der Waals surface area contributed by atoms with E-state index in [-0.39, 0.29) is 11.4 Å². The molecule has 0 bridgehead atoms. The van der Waals surface area contributed by atoms with E-state index in [4.69, 9.17) is 4.74 Å². The van der Waals surface area contributed by atoms with Crippen molar-refractivity contribution in [3.8, 4) is 0 Å². The summed E-state index contributed by atoms with van der Waals surface area (Å²) in [5, 5.41) is 7.96. The molecule has 0 aliphatic carbocycles. The molecular formula is C21H33N5O5S. The second kappa shape index (κ2) is 11.5. The molecular weight excluding hydrogens is 434 g/mol. The Balaban J connectivity index is 1.72. The summed E-state index contributed by atoms with van der Waals surface area (Å²) in [5.74, 6) is -0.493. The highest BCUT2D eigenvalue weighted by Gasteiger charge is 2.28. The lowest BCUT2D eigenvalue weighted by molar-refractivity contribution is -0.118. The fourth-order valence-electron chi connectivity index (χ4n) is 3.76. The maximum Gasteiger partial charge on any atom is 0.321 e. The van der Waals surface area contributed by atoms with Crippen molar-refractivity contribution in [3.63, 3.8) is 0 Å². The second-order valence-corrected chi connectivity index (χ2v) is 9.84. The van der Waals surface area contributed by atoms with Gasteiger partial charge < -0.3 is 20.3 Å². The van der Waals surface area contributed by atoms with Crippen LogP contribution < -0.4 is 20.9 Å². The number of hydrogen-bond acceptors (Lipinski definition) is 7. The predicted octanol–water partition coefficient (Wildman–Crippen LogP) is 1.35. The van der Waals surface area contributed by atoms with Crippen LogP contribution in [0.2, 0.25) is 0 Å². The van der Waals surface area contributed by atoms with Gasteiger partial charge in [-0.25, -0.2) is 13.2 Å². The topological polar surface area (TPSA) is 120 Å². The molecule has 2 aliphatic heterocycles. The van der Waals surface area contributed by atoms with Crippen molar-refractivity contribution >= 4 is 33.3 Å². The maximum atomic E-state index is 13.1. The third-order valence-electron chi connectivity index (χ3n) is 5.53. The van der Waals surface area contributed by atoms with Gasteiger partial charge in [0.2, 0.25) is 15.9 Å². The lowest BCUT2D eigenvalue weighted by Gasteiger charge is -2.27. The minimum atomic E-state index is -3.67. The van der Waals surface area contributed by atoms with E-state index in [1.807, 2.05) is 6.92 Å². The number of benzene rings is 1. The van der Waals surface area contributed by atoms with Crippen LogP contribution in [0.15, 0.2) is 23.1 Å². The molecule has 0 unspecified atom stereocenters. The third kappa shape index (κ3) is 6.33. The van der Waals surface area contributed by atoms with Crippen LogP contribution in [0.4, 0.5) is 16.2 Å². The maximum absolute atomic E-state index is 13.1. The lowest BCUT2D eigenvalue weighted by atomic mass is 10.2. The Morgan fingerprint density at radius 2 is 1.81 bits per heavy atom. The first-order valence-electron chi connectivity index (χ1n) is 11.2. The van der Waals surface area contributed by atoms with Crippen LogP contribution in [0.5, 0.6) is 0 Å². The summed E-state index contributed by atoms with van der Waals surface area (Å²) >= 11 is 0. The number of unbranched alkanes of at least 4 members (excludes halogenated alkanes) is 1. The Morgan fingerprint density at radius 3 is 2.50 bits per heavy atom. The van der Waals surface area contributed by atoms with Crippen molar-refractivity contribution in [1.29, 1.82) is 0 Å². The Bertz CT molecular complexity index is 896. The number of sulfonamides is 1. The number of nitrogens with zero attached hydrogens (tertiary/aromatic N) is 2. The third-order valence-corrected chi connectivity index (χ3v) is 7.43. The Kier molecular flexibility index (Phi) is 8.71. The quantitative estimate of drug-likeness (QED) is 0.469. The molecule has 1 aromatic rings. The van der Waals surface area contributed by atoms with E-state index >= 15 is 0 Å². The zero-order valence-electron chi connectivity index (χ0n) is 18.6. The molecule has 0 radical (unpaired) electrons. The van der Waals surface area contributed by atoms with Crippen molar-refractivity contribution in [2.24, 2.45) is 0 Å². The molecule has 0 atom stereocenters. The SMILES string of the molecule is CCCCNC(=O)NC(=O)CNc1cc(S(=O)(=O)N2CCOCC2)ccc1N1CCCC1. The number of carbonyl (C=O) groups is 2. The summed E-state index contributed by atoms with van der Waals surface area (Å²) in [7, 11) is -3.67. The summed E-state index contributed by atoms with van der Waals surface area (Å²) in [6, 6.07) is 4.45. The van der Waals surface area contributed by atoms with Gasteiger partial charge in [-0.1, -0.05) is 13.3 Å². The average molecular weight is 468 g/mol. The van der Waals surface area contributed by atoms with E-state index in [9.17, 15) is 18.0 Å². The summed E-state index contributed by atoms with van der Waals surface area (Å²) in [5.41, 5.74) is 1.41. The normalized spacial score (nSPS) is 17.2. The molecule has 0 saturated carbocycles. The molecule has 3 amide bonds. The van der Waals surface area contributed by atoms with E-state index < -0.39 is 22.0 Å². The van der Waals surface area contributed by atoms with Crippen molar-refractivity contribution in [3.05, 3.63) is 18.2 Å². The van der Waals surface area contributed by atoms with Gasteiger partial charge >= 0.3 is 6.03 Å². The van der Waals surface area contributed by atoms with E-state index in [2.05, 4.69) is 20.9 Å². The number of ether oxygens (including phenoxy) is 1. The summed E-state index contributed by atoms with van der Waals surface area (Å²) in [6.45, 7) is 5.48. The standard InChI is InChI=1S/C21H33N5O5S/c1-2-3-8-22-21(28)24-20(27)16-23-18-15-17(6-7-19(18)25-9-4-5-10-25)32(29,30)26-11-13-31-14-12-26/h6-7,15,23H,2-5,8-14,16H2,1H3,(H2,22,24,27,28). The van der Waals surface area contributed by atoms with Crippen LogP contribution in [0.1, 0.15) is 32.6 Å². The van der Waals surface area contributed by atoms with Crippen molar-refractivity contribution in [1.82, 2.24) is 14.9 Å². The van der Waals surface area contributed by atoms with Gasteiger partial charge in [-0.15, -0.1) is 0 Å². The first-order chi connectivity index (χ1) is 15.4. The molecule has 3 rings (SSSR count). The zero-order valence-corrected chi connectivity index (χ0v) is 19.4. The fourth-order valence-corrected chi connectivity index (χ4v) is 5.19. The van der Waals surface area contributed by atoms with Crippen LogP contribution in [-0.4, -0.2) is 77.1 Å². The van der Waals surface area contributed by atoms with Gasteiger partial charge in [0.1, 0.15) is 0 Å². The molecule has 2 saturated heterocycles. The molecule has 11 heteroatoms. The van der Waals surface area contributed by atoms with Gasteiger partial charge in [-0.05, 0) is 37.5 Å². The summed E-state index contributed by atoms with van der Waals surface area (Å²) < 4.78 is 32.8. The zero-order chi connectivity index (χ0) is 23.0. The van der Waals surface area contributed by atoms with E-state index in [0.717, 1.165) is 44.5 Å². The van der Waals surface area contributed by atoms with Gasteiger partial charge in [0, 0.05) is 32.7 Å². The van der Waals surface area contributed by atoms with Gasteiger partial charge in [-0.2, -0.15) is 4.31 Å². The van der Waals surface area contributed by atoms with E-state index in [1.54, 1.807) is 18.2 Å². The summed E-state index contributed by atoms with van der Waals surface area (Å²) in [6.07, 6.45) is 3.90. The number of imide groups is 1. The molecule has 178 valence electrons. The molecule has 32 heavy (non-hydrogen) atoms. The van der Waals surface area contributed by atoms with Gasteiger partial charge in [-0.3, -0.25) is 10.1 Å². The molecule has 0 aromatic heterocycles. The smallest absolute Gasteiger partial charge is 0.321 e. The lowest BCUT2D eigenvalue weighted by Crippen LogP contribution is -2.42. The minimum absolute atomic E-state index is 0.150. The monoisotopic (exact) mass is 467 g/mol. The fraction of sp³-hybridized carbons (Fsp3) is 0.619. The van der Waals surface area contributed by atoms with Crippen LogP contribution >= 0.6 is 0 Å². The highest BCUT2D eigenvalue weighted by atomic mass is 32.2. The van der Waals surface area contributed by atoms with Crippen molar-refractivity contribution in [2.75, 3.05) is 62.7 Å². The number of amides is 3. The molecule has 0 spiro atoms. The summed E-state index contributed by atoms with van der Waals surface area (Å²) in [4.78, 5) is 26.4. The van der Waals surface area contributed by atoms with Gasteiger partial charge in [0.05, 0.1) is 36.0 Å². The predicted molar refractivity (Wildman–Crippen MR) is 122 cm³/mol. The minimum Gasteiger partial charge on any atom is -0.379 e. The number of urea groups is 1. The number of carbonyl (C=O) groups excluding carboxylic acids is 2. The molecule has 10 nitrogen and oxygen atoms in total. The van der Waals surface area contributed by atoms with Gasteiger partial charge in [0.25, 0.3) is 0 Å². The molecule has 1 aromatic carbocycles. The highest BCUT2D eigenvalue weighted by molar-refractivity contribution is 7.89. The second-order valence-electron chi connectivity index (χ2n) is 7.90. The van der Waals surface area contributed by atoms with Crippen LogP contribution in [-0.2, 0) is 19.6 Å². The Morgan fingerprint density at radius 1 is 1.09 bits per heavy atom. The van der Waals surface area contributed by atoms with E-state index in [1.165, 1.54) is 4.31 Å². The van der Waals surface area contributed by atoms with Crippen LogP contribution in [0, 0.1) is 0 Å². The number of morpholine rings is 1. The van der Waals surface area contributed by atoms with E-state index in [0.29, 0.717) is 38.5 Å². The number of hydrogen-bond donors (Lipinski definition) is 3.